The van der Waals surface area contributed by atoms with Crippen LogP contribution in [0.2, 0.25) is 0 Å². The highest BCUT2D eigenvalue weighted by Crippen LogP contribution is 2.23. The van der Waals surface area contributed by atoms with Crippen LogP contribution < -0.4 is 16.0 Å². The molecule has 0 saturated carbocycles. The number of amides is 2. The molecule has 90 valence electrons. The highest BCUT2D eigenvalue weighted by Gasteiger charge is 2.27. The lowest BCUT2D eigenvalue weighted by atomic mass is 10.2. The number of carbonyl (C=O) groups is 2. The number of rotatable bonds is 2. The molecule has 17 heavy (non-hydrogen) atoms. The minimum Gasteiger partial charge on any atom is -0.326 e. The third-order valence-corrected chi connectivity index (χ3v) is 2.63. The smallest absolute Gasteiger partial charge is 0.228 e. The molecule has 1 fully saturated rings. The molecule has 1 heterocycles. The van der Waals surface area contributed by atoms with E-state index >= 15 is 0 Å². The molecule has 0 bridgehead atoms. The van der Waals surface area contributed by atoms with Gasteiger partial charge in [0, 0.05) is 37.3 Å². The van der Waals surface area contributed by atoms with E-state index in [1.807, 2.05) is 6.07 Å². The number of nitrogens with one attached hydrogen (secondary N) is 1. The Kier molecular flexibility index (Phi) is 3.10. The number of anilines is 2. The van der Waals surface area contributed by atoms with Gasteiger partial charge in [-0.05, 0) is 18.2 Å². The number of benzene rings is 1. The molecule has 2 rings (SSSR count). The molecule has 2 amide bonds. The van der Waals surface area contributed by atoms with E-state index < -0.39 is 0 Å². The molecular formula is C12H15N3O2. The Hall–Kier alpha value is -1.88. The fraction of sp³-hybridized carbons (Fsp3) is 0.333. The molecule has 1 atom stereocenters. The van der Waals surface area contributed by atoms with Crippen molar-refractivity contribution < 1.29 is 9.59 Å². The van der Waals surface area contributed by atoms with Crippen LogP contribution in [0.4, 0.5) is 11.4 Å². The number of hydrogen-bond acceptors (Lipinski definition) is 3. The summed E-state index contributed by atoms with van der Waals surface area (Å²) >= 11 is 0. The van der Waals surface area contributed by atoms with E-state index in [9.17, 15) is 9.59 Å². The van der Waals surface area contributed by atoms with Crippen LogP contribution in [0.15, 0.2) is 24.3 Å². The van der Waals surface area contributed by atoms with Crippen molar-refractivity contribution in [3.63, 3.8) is 0 Å². The second kappa shape index (κ2) is 4.55. The normalized spacial score (nSPS) is 19.5. The van der Waals surface area contributed by atoms with Gasteiger partial charge in [0.2, 0.25) is 11.8 Å². The zero-order valence-corrected chi connectivity index (χ0v) is 9.64. The van der Waals surface area contributed by atoms with Gasteiger partial charge >= 0.3 is 0 Å². The van der Waals surface area contributed by atoms with E-state index in [1.165, 1.54) is 6.92 Å². The van der Waals surface area contributed by atoms with Gasteiger partial charge in [-0.15, -0.1) is 0 Å². The Morgan fingerprint density at radius 2 is 2.29 bits per heavy atom. The Balaban J connectivity index is 2.21. The summed E-state index contributed by atoms with van der Waals surface area (Å²) in [6.45, 7) is 1.98. The summed E-state index contributed by atoms with van der Waals surface area (Å²) in [4.78, 5) is 24.3. The van der Waals surface area contributed by atoms with Gasteiger partial charge in [-0.2, -0.15) is 0 Å². The zero-order chi connectivity index (χ0) is 12.4. The molecule has 0 spiro atoms. The first-order valence-electron chi connectivity index (χ1n) is 5.50. The summed E-state index contributed by atoms with van der Waals surface area (Å²) in [5.41, 5.74) is 7.20. The monoisotopic (exact) mass is 233 g/mol. The number of hydrogen-bond donors (Lipinski definition) is 2. The van der Waals surface area contributed by atoms with Crippen LogP contribution in [0.5, 0.6) is 0 Å². The van der Waals surface area contributed by atoms with Gasteiger partial charge in [0.1, 0.15) is 0 Å². The second-order valence-corrected chi connectivity index (χ2v) is 4.20. The third-order valence-electron chi connectivity index (χ3n) is 2.63. The maximum Gasteiger partial charge on any atom is 0.228 e. The van der Waals surface area contributed by atoms with E-state index in [0.29, 0.717) is 18.7 Å². The lowest BCUT2D eigenvalue weighted by molar-refractivity contribution is -0.117. The maximum absolute atomic E-state index is 11.7. The zero-order valence-electron chi connectivity index (χ0n) is 9.64. The van der Waals surface area contributed by atoms with E-state index in [0.717, 1.165) is 5.69 Å². The van der Waals surface area contributed by atoms with Crippen molar-refractivity contribution in [1.29, 1.82) is 0 Å². The van der Waals surface area contributed by atoms with Gasteiger partial charge in [-0.1, -0.05) is 6.07 Å². The Bertz CT molecular complexity index is 459. The minimum absolute atomic E-state index is 0.0254. The average Bonchev–Trinajstić information content (AvgIpc) is 2.57. The summed E-state index contributed by atoms with van der Waals surface area (Å²) in [6, 6.07) is 7.09. The van der Waals surface area contributed by atoms with Gasteiger partial charge in [-0.25, -0.2) is 0 Å². The standard InChI is InChI=1S/C12H15N3O2/c1-8(16)14-10-3-2-4-11(6-10)15-7-9(13)5-12(15)17/h2-4,6,9H,5,7,13H2,1H3,(H,14,16). The minimum atomic E-state index is -0.133. The molecule has 0 aromatic heterocycles. The van der Waals surface area contributed by atoms with Crippen molar-refractivity contribution in [3.8, 4) is 0 Å². The molecule has 1 aromatic rings. The fourth-order valence-corrected chi connectivity index (χ4v) is 1.94. The van der Waals surface area contributed by atoms with Gasteiger partial charge in [0.25, 0.3) is 0 Å². The SMILES string of the molecule is CC(=O)Nc1cccc(N2CC(N)CC2=O)c1. The van der Waals surface area contributed by atoms with Crippen molar-refractivity contribution in [2.45, 2.75) is 19.4 Å². The molecule has 5 heteroatoms. The summed E-state index contributed by atoms with van der Waals surface area (Å²) in [5.74, 6) is -0.107. The van der Waals surface area contributed by atoms with E-state index in [1.54, 1.807) is 23.1 Å². The van der Waals surface area contributed by atoms with E-state index in [4.69, 9.17) is 5.73 Å². The first kappa shape index (κ1) is 11.6. The van der Waals surface area contributed by atoms with Crippen molar-refractivity contribution in [2.24, 2.45) is 5.73 Å². The van der Waals surface area contributed by atoms with Crippen molar-refractivity contribution in [2.75, 3.05) is 16.8 Å². The van der Waals surface area contributed by atoms with Crippen molar-refractivity contribution >= 4 is 23.2 Å². The Morgan fingerprint density at radius 1 is 1.53 bits per heavy atom. The third kappa shape index (κ3) is 2.62. The van der Waals surface area contributed by atoms with Crippen molar-refractivity contribution in [1.82, 2.24) is 0 Å². The first-order chi connectivity index (χ1) is 8.06. The number of nitrogens with two attached hydrogens (primary N) is 1. The molecule has 0 aliphatic carbocycles. The van der Waals surface area contributed by atoms with Crippen LogP contribution in [0.25, 0.3) is 0 Å². The van der Waals surface area contributed by atoms with E-state index in [-0.39, 0.29) is 17.9 Å². The predicted octanol–water partition coefficient (Wildman–Crippen LogP) is 0.709. The van der Waals surface area contributed by atoms with Gasteiger partial charge < -0.3 is 16.0 Å². The molecule has 1 aromatic carbocycles. The van der Waals surface area contributed by atoms with Crippen molar-refractivity contribution in [3.05, 3.63) is 24.3 Å². The Labute approximate surface area is 99.6 Å². The maximum atomic E-state index is 11.7. The lowest BCUT2D eigenvalue weighted by Crippen LogP contribution is -2.28. The molecule has 1 saturated heterocycles. The van der Waals surface area contributed by atoms with Crippen LogP contribution in [0, 0.1) is 0 Å². The van der Waals surface area contributed by atoms with Crippen LogP contribution in [-0.4, -0.2) is 24.4 Å². The highest BCUT2D eigenvalue weighted by atomic mass is 16.2. The quantitative estimate of drug-likeness (QED) is 0.789. The van der Waals surface area contributed by atoms with Crippen LogP contribution in [0.3, 0.4) is 0 Å². The molecule has 0 radical (unpaired) electrons. The summed E-state index contributed by atoms with van der Waals surface area (Å²) in [6.07, 6.45) is 0.379. The predicted molar refractivity (Wildman–Crippen MR) is 65.7 cm³/mol. The lowest BCUT2D eigenvalue weighted by Gasteiger charge is -2.17. The number of nitrogens with zero attached hydrogens (tertiary/aromatic N) is 1. The molecule has 1 aliphatic heterocycles. The second-order valence-electron chi connectivity index (χ2n) is 4.20. The van der Waals surface area contributed by atoms with Gasteiger partial charge in [-0.3, -0.25) is 9.59 Å². The highest BCUT2D eigenvalue weighted by molar-refractivity contribution is 5.97. The van der Waals surface area contributed by atoms with Gasteiger partial charge in [0.15, 0.2) is 0 Å². The van der Waals surface area contributed by atoms with E-state index in [2.05, 4.69) is 5.32 Å². The van der Waals surface area contributed by atoms with Crippen LogP contribution in [-0.2, 0) is 9.59 Å². The summed E-state index contributed by atoms with van der Waals surface area (Å²) in [5, 5.41) is 2.69. The summed E-state index contributed by atoms with van der Waals surface area (Å²) < 4.78 is 0. The fourth-order valence-electron chi connectivity index (χ4n) is 1.94. The molecule has 1 unspecified atom stereocenters. The Morgan fingerprint density at radius 3 is 2.88 bits per heavy atom. The molecule has 3 N–H and O–H groups in total. The summed E-state index contributed by atoms with van der Waals surface area (Å²) in [7, 11) is 0. The van der Waals surface area contributed by atoms with Crippen LogP contribution >= 0.6 is 0 Å². The molecule has 1 aliphatic rings. The van der Waals surface area contributed by atoms with Gasteiger partial charge in [0.05, 0.1) is 0 Å². The van der Waals surface area contributed by atoms with Crippen LogP contribution in [0.1, 0.15) is 13.3 Å². The largest absolute Gasteiger partial charge is 0.326 e. The average molecular weight is 233 g/mol. The molecule has 5 nitrogen and oxygen atoms in total. The number of carbonyl (C=O) groups excluding carboxylic acids is 2. The topological polar surface area (TPSA) is 75.4 Å². The molecular weight excluding hydrogens is 218 g/mol. The first-order valence-corrected chi connectivity index (χ1v) is 5.50.